The van der Waals surface area contributed by atoms with E-state index in [4.69, 9.17) is 4.74 Å². The van der Waals surface area contributed by atoms with Gasteiger partial charge in [0.15, 0.2) is 0 Å². The summed E-state index contributed by atoms with van der Waals surface area (Å²) >= 11 is 3.41. The lowest BCUT2D eigenvalue weighted by Crippen LogP contribution is -2.13. The van der Waals surface area contributed by atoms with E-state index in [2.05, 4.69) is 21.2 Å². The van der Waals surface area contributed by atoms with Gasteiger partial charge in [0.25, 0.3) is 5.91 Å². The van der Waals surface area contributed by atoms with Gasteiger partial charge < -0.3 is 10.1 Å². The second-order valence-electron chi connectivity index (χ2n) is 5.52. The molecule has 0 atom stereocenters. The number of anilines is 1. The molecule has 1 N–H and O–H groups in total. The van der Waals surface area contributed by atoms with E-state index in [1.54, 1.807) is 18.2 Å². The van der Waals surface area contributed by atoms with Gasteiger partial charge in [0.2, 0.25) is 0 Å². The van der Waals surface area contributed by atoms with Crippen molar-refractivity contribution in [3.8, 4) is 11.8 Å². The third kappa shape index (κ3) is 5.47. The summed E-state index contributed by atoms with van der Waals surface area (Å²) in [5, 5.41) is 12.1. The maximum atomic E-state index is 12.4. The predicted molar refractivity (Wildman–Crippen MR) is 103 cm³/mol. The largest absolute Gasteiger partial charge is 0.493 e. The van der Waals surface area contributed by atoms with Crippen LogP contribution in [0.4, 0.5) is 5.69 Å². The molecule has 1 amide bonds. The summed E-state index contributed by atoms with van der Waals surface area (Å²) in [6.07, 6.45) is 2.41. The van der Waals surface area contributed by atoms with E-state index in [0.717, 1.165) is 16.5 Å². The van der Waals surface area contributed by atoms with Crippen LogP contribution in [0.25, 0.3) is 6.08 Å². The molecular weight excluding hydrogens is 380 g/mol. The maximum Gasteiger partial charge on any atom is 0.266 e. The van der Waals surface area contributed by atoms with Crippen LogP contribution in [-0.4, -0.2) is 12.5 Å². The highest BCUT2D eigenvalue weighted by atomic mass is 79.9. The Morgan fingerprint density at radius 2 is 2.00 bits per heavy atom. The van der Waals surface area contributed by atoms with Crippen molar-refractivity contribution in [1.82, 2.24) is 0 Å². The van der Waals surface area contributed by atoms with E-state index in [1.807, 2.05) is 50.2 Å². The van der Waals surface area contributed by atoms with Crippen molar-refractivity contribution >= 4 is 33.6 Å². The number of carbonyl (C=O) groups is 1. The fourth-order valence-electron chi connectivity index (χ4n) is 2.11. The molecule has 0 aliphatic rings. The van der Waals surface area contributed by atoms with Gasteiger partial charge in [0.1, 0.15) is 17.4 Å². The molecule has 2 aromatic rings. The minimum Gasteiger partial charge on any atom is -0.493 e. The van der Waals surface area contributed by atoms with Crippen molar-refractivity contribution in [1.29, 1.82) is 5.26 Å². The fraction of sp³-hybridized carbons (Fsp3) is 0.200. The highest BCUT2D eigenvalue weighted by Crippen LogP contribution is 2.26. The monoisotopic (exact) mass is 398 g/mol. The Morgan fingerprint density at radius 1 is 1.28 bits per heavy atom. The number of nitriles is 1. The van der Waals surface area contributed by atoms with E-state index in [1.165, 1.54) is 0 Å². The predicted octanol–water partition coefficient (Wildman–Crippen LogP) is 5.09. The molecule has 2 rings (SSSR count). The lowest BCUT2D eigenvalue weighted by molar-refractivity contribution is -0.112. The summed E-state index contributed by atoms with van der Waals surface area (Å²) in [7, 11) is 0. The normalized spacial score (nSPS) is 10.9. The van der Waals surface area contributed by atoms with Gasteiger partial charge in [-0.05, 0) is 49.8 Å². The van der Waals surface area contributed by atoms with Gasteiger partial charge in [-0.3, -0.25) is 4.79 Å². The van der Waals surface area contributed by atoms with E-state index in [0.29, 0.717) is 23.6 Å². The molecule has 4 nitrogen and oxygen atoms in total. The molecule has 0 saturated carbocycles. The van der Waals surface area contributed by atoms with Crippen molar-refractivity contribution < 1.29 is 9.53 Å². The Bertz CT molecular complexity index is 821. The molecule has 0 aliphatic heterocycles. The third-order valence-corrected chi connectivity index (χ3v) is 3.90. The topological polar surface area (TPSA) is 62.1 Å². The third-order valence-electron chi connectivity index (χ3n) is 3.41. The SMILES string of the molecule is CCCOc1ccc(Br)cc1/C=C(\C#N)C(=O)Nc1ccc(C)cc1. The maximum absolute atomic E-state index is 12.4. The minimum atomic E-state index is -0.451. The number of carbonyl (C=O) groups excluding carboxylic acids is 1. The van der Waals surface area contributed by atoms with E-state index >= 15 is 0 Å². The van der Waals surface area contributed by atoms with E-state index in [-0.39, 0.29) is 5.57 Å². The molecule has 0 unspecified atom stereocenters. The average molecular weight is 399 g/mol. The standard InChI is InChI=1S/C20H19BrN2O2/c1-3-10-25-19-9-6-17(21)12-15(19)11-16(13-22)20(24)23-18-7-4-14(2)5-8-18/h4-9,11-12H,3,10H2,1-2H3,(H,23,24)/b16-11+. The molecule has 0 fully saturated rings. The van der Waals surface area contributed by atoms with Gasteiger partial charge in [-0.15, -0.1) is 0 Å². The zero-order valence-corrected chi connectivity index (χ0v) is 15.8. The first-order chi connectivity index (χ1) is 12.0. The van der Waals surface area contributed by atoms with Crippen molar-refractivity contribution in [3.63, 3.8) is 0 Å². The summed E-state index contributed by atoms with van der Waals surface area (Å²) in [5.41, 5.74) is 2.44. The first kappa shape index (κ1) is 18.8. The Balaban J connectivity index is 2.27. The molecule has 0 bridgehead atoms. The van der Waals surface area contributed by atoms with Gasteiger partial charge >= 0.3 is 0 Å². The Labute approximate surface area is 156 Å². The van der Waals surface area contributed by atoms with Gasteiger partial charge in [-0.2, -0.15) is 5.26 Å². The van der Waals surface area contributed by atoms with Crippen LogP contribution in [0.1, 0.15) is 24.5 Å². The Hall–Kier alpha value is -2.58. The Kier molecular flexibility index (Phi) is 6.79. The number of hydrogen-bond donors (Lipinski definition) is 1. The molecular formula is C20H19BrN2O2. The zero-order valence-electron chi connectivity index (χ0n) is 14.2. The number of benzene rings is 2. The van der Waals surface area contributed by atoms with Crippen LogP contribution in [0.3, 0.4) is 0 Å². The lowest BCUT2D eigenvalue weighted by Gasteiger charge is -2.10. The van der Waals surface area contributed by atoms with Crippen molar-refractivity contribution in [3.05, 3.63) is 63.6 Å². The van der Waals surface area contributed by atoms with Crippen molar-refractivity contribution in [2.75, 3.05) is 11.9 Å². The molecule has 0 aromatic heterocycles. The highest BCUT2D eigenvalue weighted by molar-refractivity contribution is 9.10. The molecule has 0 spiro atoms. The summed E-state index contributed by atoms with van der Waals surface area (Å²) in [4.78, 5) is 12.4. The van der Waals surface area contributed by atoms with Gasteiger partial charge in [0, 0.05) is 15.7 Å². The van der Waals surface area contributed by atoms with Gasteiger partial charge in [-0.25, -0.2) is 0 Å². The summed E-state index contributed by atoms with van der Waals surface area (Å²) in [6, 6.07) is 14.9. The second kappa shape index (κ2) is 9.05. The smallest absolute Gasteiger partial charge is 0.266 e. The van der Waals surface area contributed by atoms with Crippen LogP contribution in [0.5, 0.6) is 5.75 Å². The molecule has 5 heteroatoms. The molecule has 0 heterocycles. The minimum absolute atomic E-state index is 0.0139. The quantitative estimate of drug-likeness (QED) is 0.544. The molecule has 128 valence electrons. The van der Waals surface area contributed by atoms with Crippen LogP contribution in [0, 0.1) is 18.3 Å². The van der Waals surface area contributed by atoms with Crippen LogP contribution in [0.15, 0.2) is 52.5 Å². The number of hydrogen-bond acceptors (Lipinski definition) is 3. The first-order valence-corrected chi connectivity index (χ1v) is 8.75. The average Bonchev–Trinajstić information content (AvgIpc) is 2.60. The van der Waals surface area contributed by atoms with Crippen LogP contribution >= 0.6 is 15.9 Å². The highest BCUT2D eigenvalue weighted by Gasteiger charge is 2.12. The van der Waals surface area contributed by atoms with Crippen LogP contribution in [-0.2, 0) is 4.79 Å². The molecule has 25 heavy (non-hydrogen) atoms. The number of rotatable bonds is 6. The molecule has 0 aliphatic carbocycles. The van der Waals surface area contributed by atoms with Crippen molar-refractivity contribution in [2.24, 2.45) is 0 Å². The Morgan fingerprint density at radius 3 is 2.64 bits per heavy atom. The van der Waals surface area contributed by atoms with E-state index in [9.17, 15) is 10.1 Å². The van der Waals surface area contributed by atoms with E-state index < -0.39 is 5.91 Å². The van der Waals surface area contributed by atoms with Crippen molar-refractivity contribution in [2.45, 2.75) is 20.3 Å². The number of amides is 1. The van der Waals surface area contributed by atoms with Crippen LogP contribution in [0.2, 0.25) is 0 Å². The number of halogens is 1. The molecule has 0 saturated heterocycles. The van der Waals surface area contributed by atoms with Crippen LogP contribution < -0.4 is 10.1 Å². The number of ether oxygens (including phenoxy) is 1. The number of nitrogens with one attached hydrogen (secondary N) is 1. The fourth-order valence-corrected chi connectivity index (χ4v) is 2.49. The summed E-state index contributed by atoms with van der Waals surface area (Å²) in [5.74, 6) is 0.189. The zero-order chi connectivity index (χ0) is 18.2. The second-order valence-corrected chi connectivity index (χ2v) is 6.44. The lowest BCUT2D eigenvalue weighted by atomic mass is 10.1. The molecule has 2 aromatic carbocycles. The van der Waals surface area contributed by atoms with Gasteiger partial charge in [0.05, 0.1) is 6.61 Å². The summed E-state index contributed by atoms with van der Waals surface area (Å²) in [6.45, 7) is 4.56. The number of aryl methyl sites for hydroxylation is 1. The van der Waals surface area contributed by atoms with Gasteiger partial charge in [-0.1, -0.05) is 40.5 Å². The first-order valence-electron chi connectivity index (χ1n) is 7.95. The number of nitrogens with zero attached hydrogens (tertiary/aromatic N) is 1. The molecule has 0 radical (unpaired) electrons. The summed E-state index contributed by atoms with van der Waals surface area (Å²) < 4.78 is 6.54.